The summed E-state index contributed by atoms with van der Waals surface area (Å²) in [7, 11) is 0. The van der Waals surface area contributed by atoms with Crippen molar-refractivity contribution in [2.45, 2.75) is 19.8 Å². The number of aromatic nitrogens is 4. The van der Waals surface area contributed by atoms with Crippen LogP contribution in [0.5, 0.6) is 0 Å². The number of nitrogens with one attached hydrogen (secondary N) is 1. The summed E-state index contributed by atoms with van der Waals surface area (Å²) >= 11 is 0. The van der Waals surface area contributed by atoms with Crippen LogP contribution < -0.4 is 10.2 Å². The molecule has 0 aliphatic carbocycles. The van der Waals surface area contributed by atoms with Gasteiger partial charge in [-0.2, -0.15) is 4.98 Å². The van der Waals surface area contributed by atoms with Gasteiger partial charge in [0.15, 0.2) is 5.82 Å². The zero-order valence-corrected chi connectivity index (χ0v) is 17.7. The maximum atomic E-state index is 12.6. The highest BCUT2D eigenvalue weighted by Gasteiger charge is 2.14. The molecule has 160 valence electrons. The van der Waals surface area contributed by atoms with Gasteiger partial charge >= 0.3 is 0 Å². The molecule has 32 heavy (non-hydrogen) atoms. The molecule has 1 N–H and O–H groups in total. The predicted molar refractivity (Wildman–Crippen MR) is 121 cm³/mol. The zero-order chi connectivity index (χ0) is 21.9. The third-order valence-corrected chi connectivity index (χ3v) is 5.45. The smallest absolute Gasteiger partial charge is 0.255 e. The molecule has 2 aromatic carbocycles. The lowest BCUT2D eigenvalue weighted by Gasteiger charge is -2.15. The number of carbonyl (C=O) groups excluding carboxylic acids is 1. The molecule has 0 radical (unpaired) electrons. The predicted octanol–water partition coefficient (Wildman–Crippen LogP) is 4.35. The first kappa shape index (κ1) is 19.9. The maximum Gasteiger partial charge on any atom is 0.255 e. The molecule has 8 nitrogen and oxygen atoms in total. The van der Waals surface area contributed by atoms with Crippen LogP contribution in [0.3, 0.4) is 0 Å². The van der Waals surface area contributed by atoms with Gasteiger partial charge in [-0.1, -0.05) is 29.4 Å². The minimum atomic E-state index is -0.191. The molecule has 1 aliphatic heterocycles. The highest BCUT2D eigenvalue weighted by molar-refractivity contribution is 6.04. The molecule has 1 aliphatic rings. The topological polar surface area (TPSA) is 97.0 Å². The van der Waals surface area contributed by atoms with Gasteiger partial charge < -0.3 is 14.7 Å². The van der Waals surface area contributed by atoms with Crippen LogP contribution in [0.15, 0.2) is 65.2 Å². The van der Waals surface area contributed by atoms with Gasteiger partial charge in [0.2, 0.25) is 11.7 Å². The minimum absolute atomic E-state index is 0.191. The Morgan fingerprint density at radius 1 is 0.906 bits per heavy atom. The van der Waals surface area contributed by atoms with Gasteiger partial charge in [0.1, 0.15) is 0 Å². The first-order valence-corrected chi connectivity index (χ1v) is 10.6. The van der Waals surface area contributed by atoms with E-state index in [1.807, 2.05) is 36.4 Å². The number of hydrogen-bond acceptors (Lipinski definition) is 7. The van der Waals surface area contributed by atoms with Gasteiger partial charge in [-0.3, -0.25) is 4.79 Å². The first-order valence-electron chi connectivity index (χ1n) is 10.6. The zero-order valence-electron chi connectivity index (χ0n) is 17.7. The van der Waals surface area contributed by atoms with Crippen molar-refractivity contribution in [2.24, 2.45) is 0 Å². The van der Waals surface area contributed by atoms with Gasteiger partial charge in [-0.15, -0.1) is 10.2 Å². The molecule has 0 atom stereocenters. The molecule has 0 saturated carbocycles. The van der Waals surface area contributed by atoms with E-state index in [-0.39, 0.29) is 5.91 Å². The summed E-state index contributed by atoms with van der Waals surface area (Å²) in [5, 5.41) is 15.5. The molecule has 0 unspecified atom stereocenters. The largest absolute Gasteiger partial charge is 0.355 e. The molecule has 1 fully saturated rings. The third-order valence-electron chi connectivity index (χ3n) is 5.45. The van der Waals surface area contributed by atoms with E-state index in [2.05, 4.69) is 30.6 Å². The highest BCUT2D eigenvalue weighted by Crippen LogP contribution is 2.23. The monoisotopic (exact) mass is 426 g/mol. The van der Waals surface area contributed by atoms with Gasteiger partial charge in [0.05, 0.1) is 5.69 Å². The Morgan fingerprint density at radius 3 is 2.25 bits per heavy atom. The van der Waals surface area contributed by atoms with E-state index in [1.54, 1.807) is 31.2 Å². The van der Waals surface area contributed by atoms with E-state index >= 15 is 0 Å². The van der Waals surface area contributed by atoms with Gasteiger partial charge in [-0.05, 0) is 49.2 Å². The van der Waals surface area contributed by atoms with Crippen molar-refractivity contribution in [2.75, 3.05) is 23.3 Å². The van der Waals surface area contributed by atoms with Crippen molar-refractivity contribution in [3.05, 3.63) is 72.1 Å². The Hall–Kier alpha value is -4.07. The van der Waals surface area contributed by atoms with E-state index < -0.39 is 0 Å². The summed E-state index contributed by atoms with van der Waals surface area (Å²) in [4.78, 5) is 19.0. The van der Waals surface area contributed by atoms with E-state index in [0.29, 0.717) is 23.0 Å². The van der Waals surface area contributed by atoms with Crippen molar-refractivity contribution in [1.29, 1.82) is 0 Å². The number of hydrogen-bond donors (Lipinski definition) is 1. The van der Waals surface area contributed by atoms with Gasteiger partial charge in [0, 0.05) is 42.4 Å². The molecule has 1 saturated heterocycles. The number of carbonyl (C=O) groups is 1. The van der Waals surface area contributed by atoms with E-state index in [1.165, 1.54) is 12.8 Å². The number of rotatable bonds is 5. The van der Waals surface area contributed by atoms with Crippen LogP contribution in [-0.2, 0) is 0 Å². The molecule has 5 rings (SSSR count). The average Bonchev–Trinajstić information content (AvgIpc) is 3.52. The summed E-state index contributed by atoms with van der Waals surface area (Å²) in [6.07, 6.45) is 2.42. The fourth-order valence-corrected chi connectivity index (χ4v) is 3.71. The fourth-order valence-electron chi connectivity index (χ4n) is 3.71. The SMILES string of the molecule is Cc1nc(-c2ccc(C(=O)Nc3ccc(-c4ccc(N5CCCC5)nn4)cc3)cc2)no1. The standard InChI is InChI=1S/C24H22N6O2/c1-16-25-23(29-32-16)18-4-6-19(7-5-18)24(31)26-20-10-8-17(9-11-20)21-12-13-22(28-27-21)30-14-2-3-15-30/h4-13H,2-3,14-15H2,1H3,(H,26,31). The lowest BCUT2D eigenvalue weighted by atomic mass is 10.1. The highest BCUT2D eigenvalue weighted by atomic mass is 16.5. The number of amides is 1. The summed E-state index contributed by atoms with van der Waals surface area (Å²) < 4.78 is 5.00. The maximum absolute atomic E-state index is 12.6. The molecular weight excluding hydrogens is 404 g/mol. The van der Waals surface area contributed by atoms with Crippen LogP contribution >= 0.6 is 0 Å². The summed E-state index contributed by atoms with van der Waals surface area (Å²) in [6.45, 7) is 3.82. The normalized spacial score (nSPS) is 13.3. The molecule has 0 bridgehead atoms. The summed E-state index contributed by atoms with van der Waals surface area (Å²) in [5.74, 6) is 1.74. The van der Waals surface area contributed by atoms with Crippen molar-refractivity contribution in [3.63, 3.8) is 0 Å². The van der Waals surface area contributed by atoms with Crippen LogP contribution in [0.4, 0.5) is 11.5 Å². The number of anilines is 2. The Labute approximate surface area is 185 Å². The Kier molecular flexibility index (Phi) is 5.33. The molecule has 4 aromatic rings. The second kappa shape index (κ2) is 8.58. The lowest BCUT2D eigenvalue weighted by molar-refractivity contribution is 0.102. The van der Waals surface area contributed by atoms with Crippen molar-refractivity contribution in [3.8, 4) is 22.6 Å². The van der Waals surface area contributed by atoms with Gasteiger partial charge in [-0.25, -0.2) is 0 Å². The van der Waals surface area contributed by atoms with Crippen LogP contribution in [0.2, 0.25) is 0 Å². The fraction of sp³-hybridized carbons (Fsp3) is 0.208. The second-order valence-electron chi connectivity index (χ2n) is 7.72. The number of nitrogens with zero attached hydrogens (tertiary/aromatic N) is 5. The van der Waals surface area contributed by atoms with Crippen molar-refractivity contribution >= 4 is 17.4 Å². The summed E-state index contributed by atoms with van der Waals surface area (Å²) in [5.41, 5.74) is 3.79. The third kappa shape index (κ3) is 4.20. The van der Waals surface area contributed by atoms with Crippen LogP contribution in [0.1, 0.15) is 29.1 Å². The number of benzene rings is 2. The molecule has 3 heterocycles. The Bertz CT molecular complexity index is 1210. The molecule has 8 heteroatoms. The van der Waals surface area contributed by atoms with Crippen LogP contribution in [0.25, 0.3) is 22.6 Å². The van der Waals surface area contributed by atoms with Crippen LogP contribution in [-0.4, -0.2) is 39.3 Å². The lowest BCUT2D eigenvalue weighted by Crippen LogP contribution is -2.19. The Morgan fingerprint density at radius 2 is 1.62 bits per heavy atom. The Balaban J connectivity index is 1.23. The van der Waals surface area contributed by atoms with E-state index in [0.717, 1.165) is 35.7 Å². The average molecular weight is 426 g/mol. The van der Waals surface area contributed by atoms with E-state index in [4.69, 9.17) is 4.52 Å². The molecular formula is C24H22N6O2. The van der Waals surface area contributed by atoms with Crippen molar-refractivity contribution in [1.82, 2.24) is 20.3 Å². The summed E-state index contributed by atoms with van der Waals surface area (Å²) in [6, 6.07) is 18.7. The van der Waals surface area contributed by atoms with Crippen LogP contribution in [0, 0.1) is 6.92 Å². The quantitative estimate of drug-likeness (QED) is 0.506. The molecule has 0 spiro atoms. The minimum Gasteiger partial charge on any atom is -0.355 e. The number of aryl methyl sites for hydroxylation is 1. The molecule has 1 amide bonds. The second-order valence-corrected chi connectivity index (χ2v) is 7.72. The molecule has 2 aromatic heterocycles. The van der Waals surface area contributed by atoms with Crippen molar-refractivity contribution < 1.29 is 9.32 Å². The van der Waals surface area contributed by atoms with Gasteiger partial charge in [0.25, 0.3) is 5.91 Å². The first-order chi connectivity index (χ1) is 15.7. The van der Waals surface area contributed by atoms with E-state index in [9.17, 15) is 4.79 Å².